The third-order valence-electron chi connectivity index (χ3n) is 3.96. The Balaban J connectivity index is 1.87. The highest BCUT2D eigenvalue weighted by atomic mass is 32.2. The van der Waals surface area contributed by atoms with Crippen molar-refractivity contribution in [3.8, 4) is 0 Å². The van der Waals surface area contributed by atoms with Crippen molar-refractivity contribution in [1.82, 2.24) is 5.32 Å². The molecule has 0 aromatic carbocycles. The summed E-state index contributed by atoms with van der Waals surface area (Å²) in [4.78, 5) is 13.4. The third kappa shape index (κ3) is 1.13. The minimum atomic E-state index is 0.113. The van der Waals surface area contributed by atoms with Crippen LogP contribution < -0.4 is 10.2 Å². The van der Waals surface area contributed by atoms with E-state index >= 15 is 0 Å². The van der Waals surface area contributed by atoms with E-state index in [-0.39, 0.29) is 16.0 Å². The molecule has 2 bridgehead atoms. The highest BCUT2D eigenvalue weighted by molar-refractivity contribution is 8.02. The van der Waals surface area contributed by atoms with Gasteiger partial charge in [0.1, 0.15) is 11.4 Å². The van der Waals surface area contributed by atoms with Crippen molar-refractivity contribution >= 4 is 17.7 Å². The van der Waals surface area contributed by atoms with Crippen LogP contribution in [0.5, 0.6) is 0 Å². The lowest BCUT2D eigenvalue weighted by atomic mass is 9.83. The lowest BCUT2D eigenvalue weighted by Gasteiger charge is -2.47. The number of nitrogens with one attached hydrogen (secondary N) is 2. The number of carbonyl (C=O) groups is 1. The van der Waals surface area contributed by atoms with Crippen LogP contribution in [0, 0.1) is 5.92 Å². The summed E-state index contributed by atoms with van der Waals surface area (Å²) in [6.07, 6.45) is 2.60. The predicted molar refractivity (Wildman–Crippen MR) is 56.2 cm³/mol. The molecule has 3 nitrogen and oxygen atoms in total. The molecule has 2 N–H and O–H groups in total. The molecule has 0 saturated carbocycles. The quantitative estimate of drug-likeness (QED) is 0.555. The van der Waals surface area contributed by atoms with E-state index in [2.05, 4.69) is 5.32 Å². The molecule has 2 atom stereocenters. The van der Waals surface area contributed by atoms with Crippen molar-refractivity contribution in [2.75, 3.05) is 19.6 Å². The molecule has 1 spiro atoms. The van der Waals surface area contributed by atoms with Gasteiger partial charge in [-0.05, 0) is 6.92 Å². The van der Waals surface area contributed by atoms with E-state index < -0.39 is 0 Å². The second-order valence-electron chi connectivity index (χ2n) is 4.84. The fourth-order valence-electron chi connectivity index (χ4n) is 3.18. The van der Waals surface area contributed by atoms with Gasteiger partial charge in [0.2, 0.25) is 5.91 Å². The van der Waals surface area contributed by atoms with Crippen molar-refractivity contribution in [1.29, 1.82) is 0 Å². The van der Waals surface area contributed by atoms with Gasteiger partial charge in [-0.25, -0.2) is 0 Å². The Morgan fingerprint density at radius 1 is 1.50 bits per heavy atom. The SMILES string of the molecule is CC1SC2(C[NH+]3CCC2CC3)NC1=O. The van der Waals surface area contributed by atoms with Gasteiger partial charge in [-0.3, -0.25) is 4.79 Å². The van der Waals surface area contributed by atoms with Crippen molar-refractivity contribution in [2.45, 2.75) is 29.9 Å². The fourth-order valence-corrected chi connectivity index (χ4v) is 4.85. The van der Waals surface area contributed by atoms with E-state index in [0.717, 1.165) is 12.5 Å². The summed E-state index contributed by atoms with van der Waals surface area (Å²) in [5, 5.41) is 3.42. The highest BCUT2D eigenvalue weighted by Gasteiger charge is 2.55. The summed E-state index contributed by atoms with van der Waals surface area (Å²) in [6, 6.07) is 0. The molecular weight excluding hydrogens is 196 g/mol. The topological polar surface area (TPSA) is 33.5 Å². The van der Waals surface area contributed by atoms with Gasteiger partial charge < -0.3 is 10.2 Å². The summed E-state index contributed by atoms with van der Waals surface area (Å²) in [6.45, 7) is 5.81. The molecule has 4 aliphatic rings. The Bertz CT molecular complexity index is 275. The van der Waals surface area contributed by atoms with Gasteiger partial charge in [-0.1, -0.05) is 0 Å². The molecule has 0 aromatic rings. The average molecular weight is 213 g/mol. The molecule has 4 aliphatic heterocycles. The van der Waals surface area contributed by atoms with E-state index in [1.165, 1.54) is 25.9 Å². The van der Waals surface area contributed by atoms with Crippen LogP contribution in [0.25, 0.3) is 0 Å². The van der Waals surface area contributed by atoms with E-state index in [9.17, 15) is 4.79 Å². The Hall–Kier alpha value is -0.220. The number of rotatable bonds is 0. The molecule has 78 valence electrons. The van der Waals surface area contributed by atoms with Gasteiger partial charge in [0.15, 0.2) is 0 Å². The van der Waals surface area contributed by atoms with Crippen LogP contribution in [0.3, 0.4) is 0 Å². The zero-order valence-electron chi connectivity index (χ0n) is 8.51. The summed E-state index contributed by atoms with van der Waals surface area (Å²) in [5.74, 6) is 0.988. The Morgan fingerprint density at radius 3 is 2.64 bits per heavy atom. The van der Waals surface area contributed by atoms with Gasteiger partial charge in [-0.2, -0.15) is 0 Å². The molecule has 0 aromatic heterocycles. The number of fused-ring (bicyclic) bond motifs is 2. The maximum Gasteiger partial charge on any atom is 0.234 e. The monoisotopic (exact) mass is 213 g/mol. The molecule has 4 heterocycles. The molecule has 0 radical (unpaired) electrons. The molecular formula is C10H17N2OS+. The lowest BCUT2D eigenvalue weighted by molar-refractivity contribution is -0.919. The number of hydrogen-bond acceptors (Lipinski definition) is 2. The van der Waals surface area contributed by atoms with Crippen molar-refractivity contribution in [3.63, 3.8) is 0 Å². The van der Waals surface area contributed by atoms with E-state index in [1.807, 2.05) is 18.7 Å². The maximum atomic E-state index is 11.6. The van der Waals surface area contributed by atoms with Crippen LogP contribution in [0.4, 0.5) is 0 Å². The van der Waals surface area contributed by atoms with E-state index in [4.69, 9.17) is 0 Å². The molecule has 0 aliphatic carbocycles. The van der Waals surface area contributed by atoms with Crippen LogP contribution in [0.1, 0.15) is 19.8 Å². The van der Waals surface area contributed by atoms with E-state index in [1.54, 1.807) is 4.90 Å². The zero-order valence-corrected chi connectivity index (χ0v) is 9.32. The van der Waals surface area contributed by atoms with Crippen molar-refractivity contribution < 1.29 is 9.69 Å². The normalized spacial score (nSPS) is 51.2. The summed E-state index contributed by atoms with van der Waals surface area (Å²) in [7, 11) is 0. The number of quaternary nitrogens is 1. The predicted octanol–water partition coefficient (Wildman–Crippen LogP) is -0.757. The van der Waals surface area contributed by atoms with Crippen LogP contribution in [-0.2, 0) is 4.79 Å². The van der Waals surface area contributed by atoms with Crippen molar-refractivity contribution in [2.24, 2.45) is 5.92 Å². The number of carbonyl (C=O) groups excluding carboxylic acids is 1. The summed E-state index contributed by atoms with van der Waals surface area (Å²) < 4.78 is 0. The van der Waals surface area contributed by atoms with Gasteiger partial charge in [0.25, 0.3) is 0 Å². The molecule has 2 unspecified atom stereocenters. The first-order valence-electron chi connectivity index (χ1n) is 5.53. The minimum absolute atomic E-state index is 0.113. The van der Waals surface area contributed by atoms with Gasteiger partial charge in [0, 0.05) is 18.8 Å². The number of amides is 1. The van der Waals surface area contributed by atoms with Gasteiger partial charge in [-0.15, -0.1) is 11.8 Å². The molecule has 14 heavy (non-hydrogen) atoms. The first-order valence-corrected chi connectivity index (χ1v) is 6.41. The Kier molecular flexibility index (Phi) is 1.86. The zero-order chi connectivity index (χ0) is 9.76. The number of hydrogen-bond donors (Lipinski definition) is 2. The van der Waals surface area contributed by atoms with Crippen LogP contribution >= 0.6 is 11.8 Å². The van der Waals surface area contributed by atoms with Gasteiger partial charge in [0.05, 0.1) is 18.3 Å². The first-order chi connectivity index (χ1) is 6.70. The largest absolute Gasteiger partial charge is 0.335 e. The Morgan fingerprint density at radius 2 is 2.21 bits per heavy atom. The molecule has 1 amide bonds. The van der Waals surface area contributed by atoms with Gasteiger partial charge >= 0.3 is 0 Å². The standard InChI is InChI=1S/C10H16N2OS/c1-7-9(13)11-10(14-7)6-12-4-2-8(10)3-5-12/h7-8H,2-6H2,1H3,(H,11,13)/p+1. The maximum absolute atomic E-state index is 11.6. The molecule has 4 saturated heterocycles. The fraction of sp³-hybridized carbons (Fsp3) is 0.900. The minimum Gasteiger partial charge on any atom is -0.335 e. The molecule has 4 rings (SSSR count). The molecule has 4 heteroatoms. The van der Waals surface area contributed by atoms with Crippen LogP contribution in [0.15, 0.2) is 0 Å². The average Bonchev–Trinajstić information content (AvgIpc) is 2.43. The number of thioether (sulfide) groups is 1. The Labute approximate surface area is 88.6 Å². The van der Waals surface area contributed by atoms with Crippen molar-refractivity contribution in [3.05, 3.63) is 0 Å². The number of piperidine rings is 3. The molecule has 4 fully saturated rings. The smallest absolute Gasteiger partial charge is 0.234 e. The third-order valence-corrected chi connectivity index (χ3v) is 5.52. The second-order valence-corrected chi connectivity index (χ2v) is 6.51. The van der Waals surface area contributed by atoms with E-state index in [0.29, 0.717) is 0 Å². The lowest BCUT2D eigenvalue weighted by Crippen LogP contribution is -3.18. The summed E-state index contributed by atoms with van der Waals surface area (Å²) >= 11 is 1.88. The van der Waals surface area contributed by atoms with Crippen LogP contribution in [-0.4, -0.2) is 35.7 Å². The second kappa shape index (κ2) is 2.89. The summed E-state index contributed by atoms with van der Waals surface area (Å²) in [5.41, 5.74) is 0. The van der Waals surface area contributed by atoms with Crippen LogP contribution in [0.2, 0.25) is 0 Å². The first kappa shape index (κ1) is 9.04. The highest BCUT2D eigenvalue weighted by Crippen LogP contribution is 2.43.